The van der Waals surface area contributed by atoms with E-state index in [9.17, 15) is 9.59 Å². The average molecular weight is 406 g/mol. The molecule has 2 aliphatic rings. The van der Waals surface area contributed by atoms with Crippen LogP contribution in [0.5, 0.6) is 0 Å². The second-order valence-electron chi connectivity index (χ2n) is 8.16. The van der Waals surface area contributed by atoms with E-state index in [1.54, 1.807) is 12.4 Å². The number of benzene rings is 1. The molecule has 1 aromatic heterocycles. The Bertz CT molecular complexity index is 989. The van der Waals surface area contributed by atoms with Crippen molar-refractivity contribution in [3.63, 3.8) is 0 Å². The number of rotatable bonds is 4. The second kappa shape index (κ2) is 8.26. The van der Waals surface area contributed by atoms with Gasteiger partial charge in [-0.05, 0) is 61.6 Å². The van der Waals surface area contributed by atoms with Gasteiger partial charge in [0.15, 0.2) is 5.60 Å². The Morgan fingerprint density at radius 3 is 2.87 bits per heavy atom. The van der Waals surface area contributed by atoms with Gasteiger partial charge in [-0.1, -0.05) is 17.3 Å². The second-order valence-corrected chi connectivity index (χ2v) is 8.16. The Labute approximate surface area is 176 Å². The van der Waals surface area contributed by atoms with E-state index < -0.39 is 5.60 Å². The molecule has 1 aromatic carbocycles. The molecule has 1 atom stereocenters. The molecular formula is C23H26N4O3. The molecule has 0 aliphatic carbocycles. The molecule has 3 heterocycles. The molecule has 0 bridgehead atoms. The van der Waals surface area contributed by atoms with Crippen molar-refractivity contribution in [1.82, 2.24) is 15.2 Å². The van der Waals surface area contributed by atoms with Crippen molar-refractivity contribution in [1.29, 1.82) is 0 Å². The number of aryl methyl sites for hydroxylation is 2. The maximum atomic E-state index is 13.0. The Balaban J connectivity index is 1.38. The zero-order valence-corrected chi connectivity index (χ0v) is 17.4. The highest BCUT2D eigenvalue weighted by molar-refractivity contribution is 6.39. The van der Waals surface area contributed by atoms with Crippen molar-refractivity contribution in [3.8, 4) is 0 Å². The Hall–Kier alpha value is -3.22. The van der Waals surface area contributed by atoms with Crippen molar-refractivity contribution in [2.75, 3.05) is 13.1 Å². The summed E-state index contributed by atoms with van der Waals surface area (Å²) in [6.45, 7) is 5.54. The minimum absolute atomic E-state index is 0.00439. The van der Waals surface area contributed by atoms with E-state index >= 15 is 0 Å². The van der Waals surface area contributed by atoms with Crippen LogP contribution in [0.4, 0.5) is 0 Å². The van der Waals surface area contributed by atoms with Gasteiger partial charge in [0.05, 0.1) is 6.54 Å². The molecule has 2 aromatic rings. The van der Waals surface area contributed by atoms with Crippen LogP contribution < -0.4 is 5.32 Å². The van der Waals surface area contributed by atoms with Crippen LogP contribution in [-0.4, -0.2) is 46.1 Å². The van der Waals surface area contributed by atoms with Crippen molar-refractivity contribution < 1.29 is 14.4 Å². The molecule has 1 fully saturated rings. The number of pyridine rings is 1. The van der Waals surface area contributed by atoms with Gasteiger partial charge in [-0.3, -0.25) is 14.6 Å². The highest BCUT2D eigenvalue weighted by atomic mass is 16.7. The molecule has 0 saturated carbocycles. The molecule has 4 rings (SSSR count). The van der Waals surface area contributed by atoms with Gasteiger partial charge in [0.1, 0.15) is 5.71 Å². The molecule has 2 amide bonds. The van der Waals surface area contributed by atoms with Crippen LogP contribution in [0.3, 0.4) is 0 Å². The number of oxime groups is 1. The fourth-order valence-corrected chi connectivity index (χ4v) is 3.98. The lowest BCUT2D eigenvalue weighted by Crippen LogP contribution is -2.51. The first-order chi connectivity index (χ1) is 14.5. The van der Waals surface area contributed by atoms with Gasteiger partial charge < -0.3 is 15.1 Å². The molecule has 7 nitrogen and oxygen atoms in total. The maximum Gasteiger partial charge on any atom is 0.269 e. The normalized spacial score (nSPS) is 20.6. The third-order valence-corrected chi connectivity index (χ3v) is 5.86. The van der Waals surface area contributed by atoms with Crippen LogP contribution in [0, 0.1) is 13.8 Å². The van der Waals surface area contributed by atoms with E-state index in [4.69, 9.17) is 4.84 Å². The number of piperidine rings is 1. The quantitative estimate of drug-likeness (QED) is 0.846. The lowest BCUT2D eigenvalue weighted by Gasteiger charge is -2.38. The van der Waals surface area contributed by atoms with E-state index in [1.165, 1.54) is 0 Å². The van der Waals surface area contributed by atoms with Gasteiger partial charge in [-0.2, -0.15) is 0 Å². The predicted molar refractivity (Wildman–Crippen MR) is 113 cm³/mol. The van der Waals surface area contributed by atoms with Crippen LogP contribution in [0.2, 0.25) is 0 Å². The molecule has 1 spiro atoms. The number of nitrogens with zero attached hydrogens (tertiary/aromatic N) is 3. The Morgan fingerprint density at radius 2 is 2.10 bits per heavy atom. The van der Waals surface area contributed by atoms with Gasteiger partial charge in [0.2, 0.25) is 0 Å². The highest BCUT2D eigenvalue weighted by Crippen LogP contribution is 2.34. The fourth-order valence-electron chi connectivity index (χ4n) is 3.98. The molecule has 7 heteroatoms. The summed E-state index contributed by atoms with van der Waals surface area (Å²) in [4.78, 5) is 37.2. The van der Waals surface area contributed by atoms with Gasteiger partial charge in [-0.25, -0.2) is 0 Å². The third-order valence-electron chi connectivity index (χ3n) is 5.86. The number of carbonyl (C=O) groups excluding carboxylic acids is 2. The fraction of sp³-hybridized carbons (Fsp3) is 0.391. The largest absolute Gasteiger partial charge is 0.386 e. The number of carbonyl (C=O) groups is 2. The van der Waals surface area contributed by atoms with Crippen molar-refractivity contribution in [3.05, 3.63) is 65.0 Å². The summed E-state index contributed by atoms with van der Waals surface area (Å²) < 4.78 is 0. The number of likely N-dealkylation sites (tertiary alicyclic amines) is 1. The van der Waals surface area contributed by atoms with E-state index in [-0.39, 0.29) is 11.8 Å². The van der Waals surface area contributed by atoms with Crippen LogP contribution >= 0.6 is 0 Å². The first-order valence-electron chi connectivity index (χ1n) is 10.2. The standard InChI is InChI=1S/C23H26N4O3/c1-16-6-7-19(11-17(16)2)22(29)27-10-4-8-23(15-27)12-20(26-30-23)21(28)25-14-18-5-3-9-24-13-18/h3,5-7,9,11,13H,4,8,10,12,14-15H2,1-2H3,(H,25,28). The highest BCUT2D eigenvalue weighted by Gasteiger charge is 2.45. The molecule has 1 N–H and O–H groups in total. The number of nitrogens with one attached hydrogen (secondary N) is 1. The van der Waals surface area contributed by atoms with Crippen molar-refractivity contribution >= 4 is 17.5 Å². The average Bonchev–Trinajstić information content (AvgIpc) is 3.17. The lowest BCUT2D eigenvalue weighted by molar-refractivity contribution is -0.115. The van der Waals surface area contributed by atoms with E-state index in [1.807, 2.05) is 49.1 Å². The maximum absolute atomic E-state index is 13.0. The third kappa shape index (κ3) is 4.20. The number of hydrogen-bond acceptors (Lipinski definition) is 5. The van der Waals surface area contributed by atoms with Gasteiger partial charge in [0.25, 0.3) is 11.8 Å². The first kappa shape index (κ1) is 20.1. The lowest BCUT2D eigenvalue weighted by atomic mass is 9.87. The molecule has 0 radical (unpaired) electrons. The van der Waals surface area contributed by atoms with Crippen LogP contribution in [0.25, 0.3) is 0 Å². The summed E-state index contributed by atoms with van der Waals surface area (Å²) >= 11 is 0. The molecule has 1 unspecified atom stereocenters. The molecular weight excluding hydrogens is 380 g/mol. The minimum atomic E-state index is -0.616. The monoisotopic (exact) mass is 406 g/mol. The summed E-state index contributed by atoms with van der Waals surface area (Å²) in [6.07, 6.45) is 5.40. The number of aromatic nitrogens is 1. The van der Waals surface area contributed by atoms with Gasteiger partial charge in [0, 0.05) is 37.5 Å². The summed E-state index contributed by atoms with van der Waals surface area (Å²) in [5, 5.41) is 6.93. The molecule has 30 heavy (non-hydrogen) atoms. The predicted octanol–water partition coefficient (Wildman–Crippen LogP) is 2.77. The summed E-state index contributed by atoms with van der Waals surface area (Å²) in [5.41, 5.74) is 3.62. The minimum Gasteiger partial charge on any atom is -0.386 e. The van der Waals surface area contributed by atoms with Crippen LogP contribution in [0.15, 0.2) is 47.9 Å². The Kier molecular flexibility index (Phi) is 5.53. The Morgan fingerprint density at radius 1 is 1.23 bits per heavy atom. The van der Waals surface area contributed by atoms with E-state index in [2.05, 4.69) is 15.5 Å². The molecule has 2 aliphatic heterocycles. The van der Waals surface area contributed by atoms with Gasteiger partial charge in [-0.15, -0.1) is 0 Å². The van der Waals surface area contributed by atoms with Crippen LogP contribution in [0.1, 0.15) is 46.3 Å². The number of hydrogen-bond donors (Lipinski definition) is 1. The van der Waals surface area contributed by atoms with Crippen molar-refractivity contribution in [2.24, 2.45) is 5.16 Å². The zero-order chi connectivity index (χ0) is 21.1. The van der Waals surface area contributed by atoms with E-state index in [0.29, 0.717) is 37.3 Å². The molecule has 156 valence electrons. The summed E-state index contributed by atoms with van der Waals surface area (Å²) in [5.74, 6) is -0.247. The molecule has 1 saturated heterocycles. The first-order valence-corrected chi connectivity index (χ1v) is 10.2. The smallest absolute Gasteiger partial charge is 0.269 e. The number of amides is 2. The van der Waals surface area contributed by atoms with E-state index in [0.717, 1.165) is 29.5 Å². The zero-order valence-electron chi connectivity index (χ0n) is 17.4. The topological polar surface area (TPSA) is 83.9 Å². The summed E-state index contributed by atoms with van der Waals surface area (Å²) in [6, 6.07) is 9.51. The van der Waals surface area contributed by atoms with Crippen LogP contribution in [-0.2, 0) is 16.2 Å². The summed E-state index contributed by atoms with van der Waals surface area (Å²) in [7, 11) is 0. The van der Waals surface area contributed by atoms with Gasteiger partial charge >= 0.3 is 0 Å². The SMILES string of the molecule is Cc1ccc(C(=O)N2CCCC3(CC(C(=O)NCc4cccnc4)=NO3)C2)cc1C. The van der Waals surface area contributed by atoms with Crippen molar-refractivity contribution in [2.45, 2.75) is 45.3 Å².